The molecule has 0 saturated carbocycles. The predicted octanol–water partition coefficient (Wildman–Crippen LogP) is 2.79. The second-order valence-electron chi connectivity index (χ2n) is 6.14. The van der Waals surface area contributed by atoms with Crippen LogP contribution in [0.4, 0.5) is 5.69 Å². The summed E-state index contributed by atoms with van der Waals surface area (Å²) in [7, 11) is 1.52. The lowest BCUT2D eigenvalue weighted by atomic mass is 10.0. The Morgan fingerprint density at radius 3 is 2.28 bits per heavy atom. The number of aromatic nitrogens is 1. The molecule has 2 N–H and O–H groups in total. The number of benzene rings is 1. The normalized spacial score (nSPS) is 11.7. The Kier molecular flexibility index (Phi) is 6.11. The van der Waals surface area contributed by atoms with Crippen LogP contribution in [0.5, 0.6) is 5.88 Å². The third-order valence-electron chi connectivity index (χ3n) is 3.76. The summed E-state index contributed by atoms with van der Waals surface area (Å²) in [5.74, 6) is -0.171. The van der Waals surface area contributed by atoms with Crippen LogP contribution in [0, 0.1) is 12.8 Å². The van der Waals surface area contributed by atoms with Crippen LogP contribution in [-0.2, 0) is 4.79 Å². The van der Waals surface area contributed by atoms with Gasteiger partial charge in [0.05, 0.1) is 19.0 Å². The first-order valence-electron chi connectivity index (χ1n) is 8.09. The summed E-state index contributed by atoms with van der Waals surface area (Å²) >= 11 is 0. The largest absolute Gasteiger partial charge is 0.481 e. The highest BCUT2D eigenvalue weighted by Crippen LogP contribution is 2.13. The predicted molar refractivity (Wildman–Crippen MR) is 96.7 cm³/mol. The summed E-state index contributed by atoms with van der Waals surface area (Å²) in [4.78, 5) is 29.0. The molecule has 0 aliphatic heterocycles. The Bertz CT molecular complexity index is 725. The van der Waals surface area contributed by atoms with Crippen molar-refractivity contribution < 1.29 is 14.3 Å². The molecule has 1 heterocycles. The van der Waals surface area contributed by atoms with E-state index in [1.165, 1.54) is 13.3 Å². The maximum absolute atomic E-state index is 12.5. The van der Waals surface area contributed by atoms with Gasteiger partial charge in [-0.15, -0.1) is 0 Å². The van der Waals surface area contributed by atoms with Crippen molar-refractivity contribution in [3.8, 4) is 5.88 Å². The Morgan fingerprint density at radius 2 is 1.76 bits per heavy atom. The monoisotopic (exact) mass is 341 g/mol. The van der Waals surface area contributed by atoms with Crippen LogP contribution < -0.4 is 15.4 Å². The van der Waals surface area contributed by atoms with Crippen molar-refractivity contribution in [2.75, 3.05) is 12.4 Å². The Balaban J connectivity index is 2.06. The number of ether oxygens (including phenoxy) is 1. The second-order valence-corrected chi connectivity index (χ2v) is 6.14. The van der Waals surface area contributed by atoms with Gasteiger partial charge < -0.3 is 15.4 Å². The minimum atomic E-state index is -0.657. The highest BCUT2D eigenvalue weighted by Gasteiger charge is 2.24. The van der Waals surface area contributed by atoms with Gasteiger partial charge in [-0.1, -0.05) is 31.5 Å². The molecule has 0 spiro atoms. The van der Waals surface area contributed by atoms with Gasteiger partial charge in [-0.05, 0) is 31.0 Å². The van der Waals surface area contributed by atoms with Crippen LogP contribution in [0.3, 0.4) is 0 Å². The van der Waals surface area contributed by atoms with Gasteiger partial charge in [0.2, 0.25) is 11.8 Å². The number of hydrogen-bond acceptors (Lipinski definition) is 4. The number of hydrogen-bond donors (Lipinski definition) is 2. The van der Waals surface area contributed by atoms with Crippen molar-refractivity contribution in [3.05, 3.63) is 53.7 Å². The first-order valence-corrected chi connectivity index (χ1v) is 8.09. The molecule has 25 heavy (non-hydrogen) atoms. The fourth-order valence-corrected chi connectivity index (χ4v) is 2.26. The summed E-state index contributed by atoms with van der Waals surface area (Å²) in [6, 6.07) is 9.91. The number of carbonyl (C=O) groups is 2. The van der Waals surface area contributed by atoms with Crippen LogP contribution in [0.25, 0.3) is 0 Å². The molecule has 0 saturated heterocycles. The van der Waals surface area contributed by atoms with E-state index < -0.39 is 6.04 Å². The first-order chi connectivity index (χ1) is 11.9. The Hall–Kier alpha value is -2.89. The minimum Gasteiger partial charge on any atom is -0.481 e. The fourth-order valence-electron chi connectivity index (χ4n) is 2.26. The molecule has 0 aliphatic carbocycles. The number of carbonyl (C=O) groups excluding carboxylic acids is 2. The zero-order valence-electron chi connectivity index (χ0n) is 14.9. The Morgan fingerprint density at radius 1 is 1.08 bits per heavy atom. The zero-order valence-corrected chi connectivity index (χ0v) is 14.9. The van der Waals surface area contributed by atoms with E-state index in [0.29, 0.717) is 17.1 Å². The van der Waals surface area contributed by atoms with Crippen LogP contribution in [0.1, 0.15) is 29.8 Å². The summed E-state index contributed by atoms with van der Waals surface area (Å²) in [5.41, 5.74) is 2.14. The number of nitrogens with one attached hydrogen (secondary N) is 2. The van der Waals surface area contributed by atoms with Crippen molar-refractivity contribution in [2.24, 2.45) is 5.92 Å². The standard InChI is InChI=1S/C19H23N3O3/c1-12(2)17(22-18(23)14-7-5-13(3)6-8-14)19(24)21-15-9-10-16(25-4)20-11-15/h5-12,17H,1-4H3,(H,21,24)(H,22,23). The molecule has 0 radical (unpaired) electrons. The summed E-state index contributed by atoms with van der Waals surface area (Å²) < 4.78 is 4.99. The first kappa shape index (κ1) is 18.4. The van der Waals surface area contributed by atoms with Gasteiger partial charge in [-0.3, -0.25) is 9.59 Å². The van der Waals surface area contributed by atoms with Gasteiger partial charge in [0.25, 0.3) is 5.91 Å². The number of aryl methyl sites for hydroxylation is 1. The molecule has 6 nitrogen and oxygen atoms in total. The number of rotatable bonds is 6. The highest BCUT2D eigenvalue weighted by molar-refractivity contribution is 6.01. The minimum absolute atomic E-state index is 0.0689. The zero-order chi connectivity index (χ0) is 18.4. The average molecular weight is 341 g/mol. The SMILES string of the molecule is COc1ccc(NC(=O)C(NC(=O)c2ccc(C)cc2)C(C)C)cn1. The number of nitrogens with zero attached hydrogens (tertiary/aromatic N) is 1. The smallest absolute Gasteiger partial charge is 0.251 e. The fraction of sp³-hybridized carbons (Fsp3) is 0.316. The van der Waals surface area contributed by atoms with Crippen molar-refractivity contribution >= 4 is 17.5 Å². The molecular formula is C19H23N3O3. The molecule has 2 rings (SSSR count). The van der Waals surface area contributed by atoms with Crippen molar-refractivity contribution in [1.29, 1.82) is 0 Å². The van der Waals surface area contributed by atoms with Crippen molar-refractivity contribution in [1.82, 2.24) is 10.3 Å². The van der Waals surface area contributed by atoms with Crippen LogP contribution >= 0.6 is 0 Å². The van der Waals surface area contributed by atoms with Crippen LogP contribution in [0.15, 0.2) is 42.6 Å². The summed E-state index contributed by atoms with van der Waals surface area (Å²) in [6.45, 7) is 5.72. The highest BCUT2D eigenvalue weighted by atomic mass is 16.5. The van der Waals surface area contributed by atoms with Gasteiger partial charge in [0, 0.05) is 11.6 Å². The van der Waals surface area contributed by atoms with Gasteiger partial charge >= 0.3 is 0 Å². The van der Waals surface area contributed by atoms with E-state index >= 15 is 0 Å². The number of amides is 2. The molecule has 132 valence electrons. The van der Waals surface area contributed by atoms with Crippen molar-refractivity contribution in [3.63, 3.8) is 0 Å². The maximum Gasteiger partial charge on any atom is 0.251 e. The van der Waals surface area contributed by atoms with E-state index in [1.807, 2.05) is 32.9 Å². The van der Waals surface area contributed by atoms with Gasteiger partial charge in [-0.25, -0.2) is 4.98 Å². The van der Waals surface area contributed by atoms with Crippen LogP contribution in [0.2, 0.25) is 0 Å². The Labute approximate surface area is 147 Å². The van der Waals surface area contributed by atoms with Gasteiger partial charge in [-0.2, -0.15) is 0 Å². The molecule has 0 aliphatic rings. The molecular weight excluding hydrogens is 318 g/mol. The third kappa shape index (κ3) is 5.04. The summed E-state index contributed by atoms with van der Waals surface area (Å²) in [6.07, 6.45) is 1.51. The maximum atomic E-state index is 12.5. The molecule has 1 aromatic carbocycles. The van der Waals surface area contributed by atoms with Gasteiger partial charge in [0.1, 0.15) is 6.04 Å². The number of methoxy groups -OCH3 is 1. The van der Waals surface area contributed by atoms with Crippen LogP contribution in [-0.4, -0.2) is 29.9 Å². The van der Waals surface area contributed by atoms with E-state index in [0.717, 1.165) is 5.56 Å². The van der Waals surface area contributed by atoms with E-state index in [2.05, 4.69) is 15.6 Å². The average Bonchev–Trinajstić information content (AvgIpc) is 2.60. The quantitative estimate of drug-likeness (QED) is 0.847. The number of pyridine rings is 1. The van der Waals surface area contributed by atoms with Crippen molar-refractivity contribution in [2.45, 2.75) is 26.8 Å². The molecule has 2 amide bonds. The summed E-state index contributed by atoms with van der Waals surface area (Å²) in [5, 5.41) is 5.57. The number of anilines is 1. The molecule has 0 fully saturated rings. The van der Waals surface area contributed by atoms with E-state index in [9.17, 15) is 9.59 Å². The lowest BCUT2D eigenvalue weighted by molar-refractivity contribution is -0.118. The molecule has 1 atom stereocenters. The topological polar surface area (TPSA) is 80.3 Å². The molecule has 1 aromatic heterocycles. The third-order valence-corrected chi connectivity index (χ3v) is 3.76. The van der Waals surface area contributed by atoms with E-state index in [1.54, 1.807) is 24.3 Å². The lowest BCUT2D eigenvalue weighted by Crippen LogP contribution is -2.47. The second kappa shape index (κ2) is 8.28. The molecule has 2 aromatic rings. The lowest BCUT2D eigenvalue weighted by Gasteiger charge is -2.21. The van der Waals surface area contributed by atoms with E-state index in [-0.39, 0.29) is 17.7 Å². The molecule has 6 heteroatoms. The van der Waals surface area contributed by atoms with Gasteiger partial charge in [0.15, 0.2) is 0 Å². The van der Waals surface area contributed by atoms with E-state index in [4.69, 9.17) is 4.74 Å². The molecule has 1 unspecified atom stereocenters. The molecule has 0 bridgehead atoms.